The second-order valence-corrected chi connectivity index (χ2v) is 11.7. The number of rotatable bonds is 5. The summed E-state index contributed by atoms with van der Waals surface area (Å²) in [5, 5.41) is 4.47. The highest BCUT2D eigenvalue weighted by Crippen LogP contribution is 2.45. The molecule has 1 aromatic heterocycles. The van der Waals surface area contributed by atoms with E-state index in [1.807, 2.05) is 32.4 Å². The molecule has 0 aliphatic heterocycles. The van der Waals surface area contributed by atoms with Gasteiger partial charge in [-0.2, -0.15) is 0 Å². The second kappa shape index (κ2) is 9.93. The zero-order chi connectivity index (χ0) is 24.5. The van der Waals surface area contributed by atoms with Gasteiger partial charge in [0.2, 0.25) is 0 Å². The predicted molar refractivity (Wildman–Crippen MR) is 147 cm³/mol. The van der Waals surface area contributed by atoms with E-state index in [1.165, 1.54) is 4.88 Å². The van der Waals surface area contributed by atoms with E-state index in [0.29, 0.717) is 16.5 Å². The van der Waals surface area contributed by atoms with Gasteiger partial charge >= 0.3 is 0 Å². The number of nitrogens with one attached hydrogen (secondary N) is 1. The first kappa shape index (κ1) is 24.5. The average molecular weight is 494 g/mol. The van der Waals surface area contributed by atoms with Crippen LogP contribution in [0, 0.1) is 11.3 Å². The standard InChI is InChI=1S/C28H32ClN3OS/c1-28(2,3)19-8-15-23-24(16-19)34-27(30-17-18-6-13-22(14-7-18)32(4)5)25(23)26(33)31-21-11-9-20(29)10-12-21/h6-7,9-14,17,19H,8,15-16H2,1-5H3,(H,31,33)/t19-/m1/s1. The van der Waals surface area contributed by atoms with Gasteiger partial charge in [-0.25, -0.2) is 4.99 Å². The summed E-state index contributed by atoms with van der Waals surface area (Å²) in [7, 11) is 4.05. The number of aliphatic imine (C=N–C) groups is 1. The van der Waals surface area contributed by atoms with E-state index in [9.17, 15) is 4.79 Å². The van der Waals surface area contributed by atoms with Gasteiger partial charge in [0.05, 0.1) is 5.56 Å². The zero-order valence-electron chi connectivity index (χ0n) is 20.5. The lowest BCUT2D eigenvalue weighted by Gasteiger charge is -2.33. The van der Waals surface area contributed by atoms with Gasteiger partial charge in [0.15, 0.2) is 0 Å². The normalized spacial score (nSPS) is 15.9. The SMILES string of the molecule is CN(C)c1ccc(C=Nc2sc3c(c2C(=O)Nc2ccc(Cl)cc2)CC[C@@H](C(C)(C)C)C3)cc1. The van der Waals surface area contributed by atoms with E-state index in [4.69, 9.17) is 16.6 Å². The number of hydrogen-bond acceptors (Lipinski definition) is 4. The number of anilines is 2. The summed E-state index contributed by atoms with van der Waals surface area (Å²) in [4.78, 5) is 21.6. The molecule has 0 saturated carbocycles. The van der Waals surface area contributed by atoms with Crippen LogP contribution in [0.3, 0.4) is 0 Å². The summed E-state index contributed by atoms with van der Waals surface area (Å²) >= 11 is 7.67. The van der Waals surface area contributed by atoms with Crippen LogP contribution in [-0.2, 0) is 12.8 Å². The molecule has 0 fully saturated rings. The number of halogens is 1. The molecular weight excluding hydrogens is 462 g/mol. The van der Waals surface area contributed by atoms with E-state index in [-0.39, 0.29) is 11.3 Å². The van der Waals surface area contributed by atoms with Gasteiger partial charge in [0.1, 0.15) is 5.00 Å². The summed E-state index contributed by atoms with van der Waals surface area (Å²) in [6.45, 7) is 6.92. The largest absolute Gasteiger partial charge is 0.378 e. The Bertz CT molecular complexity index is 1190. The van der Waals surface area contributed by atoms with Crippen molar-refractivity contribution in [2.75, 3.05) is 24.3 Å². The number of hydrogen-bond donors (Lipinski definition) is 1. The predicted octanol–water partition coefficient (Wildman–Crippen LogP) is 7.62. The van der Waals surface area contributed by atoms with Crippen molar-refractivity contribution in [2.45, 2.75) is 40.0 Å². The summed E-state index contributed by atoms with van der Waals surface area (Å²) < 4.78 is 0. The van der Waals surface area contributed by atoms with Gasteiger partial charge in [0.25, 0.3) is 5.91 Å². The quantitative estimate of drug-likeness (QED) is 0.371. The molecule has 1 heterocycles. The third-order valence-corrected chi connectivity index (χ3v) is 7.96. The van der Waals surface area contributed by atoms with E-state index in [0.717, 1.165) is 46.8 Å². The van der Waals surface area contributed by atoms with E-state index >= 15 is 0 Å². The number of fused-ring (bicyclic) bond motifs is 1. The summed E-state index contributed by atoms with van der Waals surface area (Å²) in [5.41, 5.74) is 4.99. The molecule has 3 aromatic rings. The van der Waals surface area contributed by atoms with Crippen molar-refractivity contribution >= 4 is 51.4 Å². The number of carbonyl (C=O) groups excluding carboxylic acids is 1. The fourth-order valence-corrected chi connectivity index (χ4v) is 5.75. The van der Waals surface area contributed by atoms with E-state index in [2.05, 4.69) is 55.3 Å². The number of thiophene rings is 1. The maximum absolute atomic E-state index is 13.4. The Labute approximate surface area is 211 Å². The molecule has 0 bridgehead atoms. The average Bonchev–Trinajstić information content (AvgIpc) is 3.16. The molecule has 2 aromatic carbocycles. The maximum Gasteiger partial charge on any atom is 0.259 e. The van der Waals surface area contributed by atoms with Crippen LogP contribution < -0.4 is 10.2 Å². The molecule has 6 heteroatoms. The lowest BCUT2D eigenvalue weighted by molar-refractivity contribution is 0.102. The number of benzene rings is 2. The Hall–Kier alpha value is -2.63. The summed E-state index contributed by atoms with van der Waals surface area (Å²) in [6.07, 6.45) is 4.85. The van der Waals surface area contributed by atoms with Gasteiger partial charge < -0.3 is 10.2 Å². The van der Waals surface area contributed by atoms with Gasteiger partial charge in [-0.05, 0) is 78.1 Å². The van der Waals surface area contributed by atoms with Gasteiger partial charge in [-0.15, -0.1) is 11.3 Å². The van der Waals surface area contributed by atoms with Gasteiger partial charge in [-0.3, -0.25) is 4.79 Å². The molecule has 34 heavy (non-hydrogen) atoms. The minimum absolute atomic E-state index is 0.107. The van der Waals surface area contributed by atoms with Crippen molar-refractivity contribution in [3.63, 3.8) is 0 Å². The van der Waals surface area contributed by atoms with E-state index in [1.54, 1.807) is 23.5 Å². The van der Waals surface area contributed by atoms with Crippen molar-refractivity contribution in [2.24, 2.45) is 16.3 Å². The van der Waals surface area contributed by atoms with Crippen LogP contribution in [0.25, 0.3) is 0 Å². The monoisotopic (exact) mass is 493 g/mol. The molecule has 0 spiro atoms. The fourth-order valence-electron chi connectivity index (χ4n) is 4.35. The molecule has 1 atom stereocenters. The van der Waals surface area contributed by atoms with Crippen LogP contribution in [0.1, 0.15) is 53.6 Å². The molecule has 4 rings (SSSR count). The molecule has 1 amide bonds. The minimum atomic E-state index is -0.107. The molecule has 0 radical (unpaired) electrons. The molecule has 1 N–H and O–H groups in total. The van der Waals surface area contributed by atoms with Crippen LogP contribution in [-0.4, -0.2) is 26.2 Å². The first-order chi connectivity index (χ1) is 16.1. The Kier molecular flexibility index (Phi) is 7.15. The van der Waals surface area contributed by atoms with Crippen LogP contribution >= 0.6 is 22.9 Å². The Morgan fingerprint density at radius 3 is 2.41 bits per heavy atom. The Balaban J connectivity index is 1.67. The van der Waals surface area contributed by atoms with Gasteiger partial charge in [0, 0.05) is 41.6 Å². The summed E-state index contributed by atoms with van der Waals surface area (Å²) in [6, 6.07) is 15.5. The first-order valence-corrected chi connectivity index (χ1v) is 12.8. The molecule has 178 valence electrons. The third kappa shape index (κ3) is 5.53. The van der Waals surface area contributed by atoms with E-state index < -0.39 is 0 Å². The lowest BCUT2D eigenvalue weighted by Crippen LogP contribution is -2.27. The molecule has 4 nitrogen and oxygen atoms in total. The highest BCUT2D eigenvalue weighted by atomic mass is 35.5. The van der Waals surface area contributed by atoms with Crippen molar-refractivity contribution < 1.29 is 4.79 Å². The molecule has 1 aliphatic rings. The molecule has 0 unspecified atom stereocenters. The number of nitrogens with zero attached hydrogens (tertiary/aromatic N) is 2. The topological polar surface area (TPSA) is 44.7 Å². The second-order valence-electron chi connectivity index (χ2n) is 10.2. The Morgan fingerprint density at radius 2 is 1.79 bits per heavy atom. The van der Waals surface area contributed by atoms with Crippen molar-refractivity contribution in [1.29, 1.82) is 0 Å². The third-order valence-electron chi connectivity index (χ3n) is 6.54. The highest BCUT2D eigenvalue weighted by Gasteiger charge is 2.33. The van der Waals surface area contributed by atoms with Crippen molar-refractivity contribution in [1.82, 2.24) is 0 Å². The van der Waals surface area contributed by atoms with Crippen LogP contribution in [0.15, 0.2) is 53.5 Å². The van der Waals surface area contributed by atoms with Crippen LogP contribution in [0.4, 0.5) is 16.4 Å². The highest BCUT2D eigenvalue weighted by molar-refractivity contribution is 7.16. The lowest BCUT2D eigenvalue weighted by atomic mass is 9.72. The number of carbonyl (C=O) groups is 1. The smallest absolute Gasteiger partial charge is 0.259 e. The van der Waals surface area contributed by atoms with Crippen LogP contribution in [0.5, 0.6) is 0 Å². The first-order valence-electron chi connectivity index (χ1n) is 11.6. The Morgan fingerprint density at radius 1 is 1.12 bits per heavy atom. The van der Waals surface area contributed by atoms with Crippen molar-refractivity contribution in [3.8, 4) is 0 Å². The van der Waals surface area contributed by atoms with Crippen LogP contribution in [0.2, 0.25) is 5.02 Å². The molecule has 0 saturated heterocycles. The maximum atomic E-state index is 13.4. The molecule has 1 aliphatic carbocycles. The van der Waals surface area contributed by atoms with Gasteiger partial charge in [-0.1, -0.05) is 44.5 Å². The fraction of sp³-hybridized carbons (Fsp3) is 0.357. The summed E-state index contributed by atoms with van der Waals surface area (Å²) in [5.74, 6) is 0.491. The number of amides is 1. The zero-order valence-corrected chi connectivity index (χ0v) is 22.1. The van der Waals surface area contributed by atoms with Crippen molar-refractivity contribution in [3.05, 3.63) is 75.1 Å². The minimum Gasteiger partial charge on any atom is -0.378 e. The molecular formula is C28H32ClN3OS.